The molecule has 6 heteroatoms. The van der Waals surface area contributed by atoms with Crippen molar-refractivity contribution in [2.75, 3.05) is 12.4 Å². The minimum atomic E-state index is -2.71. The van der Waals surface area contributed by atoms with Crippen molar-refractivity contribution in [1.29, 1.82) is 0 Å². The van der Waals surface area contributed by atoms with Gasteiger partial charge < -0.3 is 21.3 Å². The van der Waals surface area contributed by atoms with E-state index in [1.165, 1.54) is 11.4 Å². The third kappa shape index (κ3) is 9.81. The van der Waals surface area contributed by atoms with Gasteiger partial charge in [-0.15, -0.1) is 0 Å². The fraction of sp³-hybridized carbons (Fsp3) is 1.00. The van der Waals surface area contributed by atoms with Crippen LogP contribution in [0.1, 0.15) is 20.3 Å². The van der Waals surface area contributed by atoms with Gasteiger partial charge in [-0.25, -0.2) is 0 Å². The standard InChI is InChI=1S/C5H13O2PS2.Na/c1-3-5-10-8(6,9)7-4-2;/h3-5H2,1-2H3,(H,6,9);/q;+1/p-1. The first kappa shape index (κ1) is 15.4. The average molecular weight is 222 g/mol. The maximum atomic E-state index is 11.1. The topological polar surface area (TPSA) is 26.3 Å². The molecule has 0 bridgehead atoms. The van der Waals surface area contributed by atoms with E-state index in [1.807, 2.05) is 6.92 Å². The first-order valence-electron chi connectivity index (χ1n) is 3.22. The summed E-state index contributed by atoms with van der Waals surface area (Å²) >= 11 is 5.96. The molecule has 0 saturated heterocycles. The molecule has 0 aromatic rings. The first-order chi connectivity index (χ1) is 4.62. The largest absolute Gasteiger partial charge is 1.00 e. The molecule has 11 heavy (non-hydrogen) atoms. The van der Waals surface area contributed by atoms with Crippen molar-refractivity contribution in [3.05, 3.63) is 0 Å². The van der Waals surface area contributed by atoms with Crippen LogP contribution >= 0.6 is 17.2 Å². The van der Waals surface area contributed by atoms with Crippen LogP contribution in [0.25, 0.3) is 0 Å². The van der Waals surface area contributed by atoms with Gasteiger partial charge in [0, 0.05) is 5.75 Å². The van der Waals surface area contributed by atoms with Crippen molar-refractivity contribution < 1.29 is 38.6 Å². The molecule has 0 aliphatic rings. The van der Waals surface area contributed by atoms with E-state index >= 15 is 0 Å². The van der Waals surface area contributed by atoms with E-state index in [4.69, 9.17) is 16.8 Å². The van der Waals surface area contributed by atoms with Crippen LogP contribution in [0.4, 0.5) is 0 Å². The monoisotopic (exact) mass is 222 g/mol. The fourth-order valence-corrected chi connectivity index (χ4v) is 3.94. The Morgan fingerprint density at radius 2 is 2.09 bits per heavy atom. The zero-order chi connectivity index (χ0) is 8.04. The second-order valence-electron chi connectivity index (χ2n) is 1.70. The molecule has 0 aromatic heterocycles. The van der Waals surface area contributed by atoms with Crippen LogP contribution in [0.5, 0.6) is 0 Å². The molecular weight excluding hydrogens is 210 g/mol. The smallest absolute Gasteiger partial charge is 0.678 e. The number of hydrogen-bond donors (Lipinski definition) is 0. The Hall–Kier alpha value is 1.89. The van der Waals surface area contributed by atoms with Gasteiger partial charge in [0.1, 0.15) is 5.77 Å². The molecule has 0 heterocycles. The summed E-state index contributed by atoms with van der Waals surface area (Å²) in [7, 11) is 0. The van der Waals surface area contributed by atoms with Gasteiger partial charge in [0.25, 0.3) is 0 Å². The Balaban J connectivity index is 0. The predicted octanol–water partition coefficient (Wildman–Crippen LogP) is -0.175. The zero-order valence-electron chi connectivity index (χ0n) is 7.20. The molecule has 0 radical (unpaired) electrons. The molecule has 1 unspecified atom stereocenters. The molecule has 0 aliphatic carbocycles. The van der Waals surface area contributed by atoms with Crippen molar-refractivity contribution >= 4 is 29.4 Å². The molecule has 0 N–H and O–H groups in total. The van der Waals surface area contributed by atoms with E-state index < -0.39 is 5.77 Å². The molecule has 62 valence electrons. The van der Waals surface area contributed by atoms with Gasteiger partial charge in [-0.3, -0.25) is 0 Å². The molecular formula is C5H12NaO2PS2. The van der Waals surface area contributed by atoms with Crippen molar-refractivity contribution in [2.45, 2.75) is 20.3 Å². The summed E-state index contributed by atoms with van der Waals surface area (Å²) in [6.45, 7) is 4.26. The summed E-state index contributed by atoms with van der Waals surface area (Å²) in [5.41, 5.74) is 0. The number of rotatable bonds is 5. The second-order valence-corrected chi connectivity index (χ2v) is 7.87. The minimum absolute atomic E-state index is 0. The van der Waals surface area contributed by atoms with Gasteiger partial charge in [-0.2, -0.15) is 0 Å². The Morgan fingerprint density at radius 3 is 2.45 bits per heavy atom. The van der Waals surface area contributed by atoms with Gasteiger partial charge in [0.05, 0.1) is 6.61 Å². The average Bonchev–Trinajstić information content (AvgIpc) is 1.84. The molecule has 0 amide bonds. The second kappa shape index (κ2) is 8.49. The maximum absolute atomic E-state index is 11.1. The molecule has 1 atom stereocenters. The van der Waals surface area contributed by atoms with E-state index in [0.29, 0.717) is 6.61 Å². The molecule has 0 aromatic carbocycles. The van der Waals surface area contributed by atoms with Gasteiger partial charge >= 0.3 is 29.6 Å². The molecule has 0 spiro atoms. The Labute approximate surface area is 99.9 Å². The van der Waals surface area contributed by atoms with E-state index in [-0.39, 0.29) is 29.6 Å². The Morgan fingerprint density at radius 1 is 1.55 bits per heavy atom. The van der Waals surface area contributed by atoms with Crippen LogP contribution in [-0.2, 0) is 21.3 Å². The quantitative estimate of drug-likeness (QED) is 0.366. The summed E-state index contributed by atoms with van der Waals surface area (Å²) < 4.78 is 16.0. The molecule has 2 nitrogen and oxygen atoms in total. The third-order valence-electron chi connectivity index (χ3n) is 0.741. The molecule has 0 fully saturated rings. The Bertz CT molecular complexity index is 134. The van der Waals surface area contributed by atoms with Crippen molar-refractivity contribution in [2.24, 2.45) is 0 Å². The van der Waals surface area contributed by atoms with Crippen molar-refractivity contribution in [3.63, 3.8) is 0 Å². The van der Waals surface area contributed by atoms with Crippen molar-refractivity contribution in [1.82, 2.24) is 0 Å². The van der Waals surface area contributed by atoms with Crippen LogP contribution < -0.4 is 29.6 Å². The van der Waals surface area contributed by atoms with E-state index in [1.54, 1.807) is 6.92 Å². The predicted molar refractivity (Wildman–Crippen MR) is 49.3 cm³/mol. The van der Waals surface area contributed by atoms with E-state index in [0.717, 1.165) is 12.2 Å². The van der Waals surface area contributed by atoms with E-state index in [2.05, 4.69) is 0 Å². The normalized spacial score (nSPS) is 15.2. The van der Waals surface area contributed by atoms with E-state index in [9.17, 15) is 4.57 Å². The van der Waals surface area contributed by atoms with Crippen LogP contribution in [0.15, 0.2) is 0 Å². The molecule has 0 aliphatic heterocycles. The minimum Gasteiger partial charge on any atom is -0.678 e. The third-order valence-corrected chi connectivity index (χ3v) is 5.30. The molecule has 0 saturated carbocycles. The maximum Gasteiger partial charge on any atom is 1.00 e. The summed E-state index contributed by atoms with van der Waals surface area (Å²) in [6.07, 6.45) is 0.984. The van der Waals surface area contributed by atoms with Gasteiger partial charge in [0.2, 0.25) is 0 Å². The first-order valence-corrected chi connectivity index (χ1v) is 7.45. The summed E-state index contributed by atoms with van der Waals surface area (Å²) in [4.78, 5) is 0. The van der Waals surface area contributed by atoms with Crippen molar-refractivity contribution in [3.8, 4) is 0 Å². The number of hydrogen-bond acceptors (Lipinski definition) is 4. The van der Waals surface area contributed by atoms with Gasteiger partial charge in [0.15, 0.2) is 0 Å². The zero-order valence-corrected chi connectivity index (χ0v) is 11.7. The SMILES string of the molecule is CCCSP(=O)([S-])OCC.[Na+]. The van der Waals surface area contributed by atoms with Crippen LogP contribution in [0.2, 0.25) is 0 Å². The Kier molecular flexibility index (Phi) is 11.9. The van der Waals surface area contributed by atoms with Gasteiger partial charge in [-0.05, 0) is 13.3 Å². The summed E-state index contributed by atoms with van der Waals surface area (Å²) in [5, 5.41) is 0. The van der Waals surface area contributed by atoms with Gasteiger partial charge in [-0.1, -0.05) is 18.3 Å². The molecule has 0 rings (SSSR count). The van der Waals surface area contributed by atoms with Crippen LogP contribution in [0.3, 0.4) is 0 Å². The van der Waals surface area contributed by atoms with Crippen LogP contribution in [-0.4, -0.2) is 12.4 Å². The summed E-state index contributed by atoms with van der Waals surface area (Å²) in [6, 6.07) is 0. The summed E-state index contributed by atoms with van der Waals surface area (Å²) in [5.74, 6) is -1.89. The van der Waals surface area contributed by atoms with Crippen LogP contribution in [0, 0.1) is 0 Å². The fourth-order valence-electron chi connectivity index (χ4n) is 0.398.